The maximum absolute atomic E-state index is 11.4. The minimum Gasteiger partial charge on any atom is -0.480 e. The highest BCUT2D eigenvalue weighted by Crippen LogP contribution is 2.53. The number of thioether (sulfide) groups is 1. The molecule has 18 heavy (non-hydrogen) atoms. The van der Waals surface area contributed by atoms with Gasteiger partial charge in [0, 0.05) is 16.5 Å². The Bertz CT molecular complexity index is 435. The minimum atomic E-state index is -0.905. The predicted octanol–water partition coefficient (Wildman–Crippen LogP) is -0.00910. The third-order valence-electron chi connectivity index (χ3n) is 3.28. The molecule has 0 amide bonds. The van der Waals surface area contributed by atoms with Gasteiger partial charge >= 0.3 is 11.9 Å². The minimum absolute atomic E-state index is 0.0861. The molecule has 0 aromatic heterocycles. The van der Waals surface area contributed by atoms with Crippen molar-refractivity contribution in [2.75, 3.05) is 7.11 Å². The zero-order chi connectivity index (χ0) is 13.7. The summed E-state index contributed by atoms with van der Waals surface area (Å²) in [6.45, 7) is 3.74. The van der Waals surface area contributed by atoms with Crippen molar-refractivity contribution < 1.29 is 19.4 Å². The molecule has 6 nitrogen and oxygen atoms in total. The van der Waals surface area contributed by atoms with Gasteiger partial charge in [-0.1, -0.05) is 0 Å². The van der Waals surface area contributed by atoms with E-state index in [2.05, 4.69) is 4.74 Å². The lowest BCUT2D eigenvalue weighted by Crippen LogP contribution is -2.62. The number of hydrogen-bond acceptors (Lipinski definition) is 6. The molecule has 100 valence electrons. The molecule has 2 heterocycles. The number of aliphatic carboxylic acids is 1. The van der Waals surface area contributed by atoms with Crippen LogP contribution in [-0.2, 0) is 14.3 Å². The van der Waals surface area contributed by atoms with Gasteiger partial charge in [0.15, 0.2) is 0 Å². The summed E-state index contributed by atoms with van der Waals surface area (Å²) in [7, 11) is 1.28. The fourth-order valence-electron chi connectivity index (χ4n) is 2.46. The first-order valence-corrected chi connectivity index (χ1v) is 6.41. The molecule has 2 aliphatic heterocycles. The molecule has 3 N–H and O–H groups in total. The Morgan fingerprint density at radius 2 is 2.17 bits per heavy atom. The fraction of sp³-hybridized carbons (Fsp3) is 0.636. The summed E-state index contributed by atoms with van der Waals surface area (Å²) in [5, 5.41) is 9.24. The van der Waals surface area contributed by atoms with Crippen LogP contribution in [0.15, 0.2) is 11.8 Å². The summed E-state index contributed by atoms with van der Waals surface area (Å²) in [5.41, 5.74) is 6.50. The Labute approximate surface area is 109 Å². The van der Waals surface area contributed by atoms with Crippen molar-refractivity contribution in [2.24, 2.45) is 5.73 Å². The van der Waals surface area contributed by atoms with Gasteiger partial charge in [-0.3, -0.25) is 0 Å². The zero-order valence-electron chi connectivity index (χ0n) is 10.4. The first-order chi connectivity index (χ1) is 8.29. The van der Waals surface area contributed by atoms with E-state index in [1.54, 1.807) is 4.90 Å². The van der Waals surface area contributed by atoms with Gasteiger partial charge in [-0.2, -0.15) is 0 Å². The normalized spacial score (nSPS) is 35.0. The van der Waals surface area contributed by atoms with Gasteiger partial charge in [0.1, 0.15) is 6.04 Å². The van der Waals surface area contributed by atoms with Crippen LogP contribution in [0.1, 0.15) is 13.8 Å². The van der Waals surface area contributed by atoms with E-state index < -0.39 is 22.7 Å². The van der Waals surface area contributed by atoms with E-state index >= 15 is 0 Å². The van der Waals surface area contributed by atoms with Crippen molar-refractivity contribution in [3.8, 4) is 0 Å². The van der Waals surface area contributed by atoms with Crippen molar-refractivity contribution in [2.45, 2.75) is 36.1 Å². The molecular formula is C11H16N2O4S. The number of hydrogen-bond donors (Lipinski definition) is 2. The molecule has 0 spiro atoms. The molecule has 0 aromatic rings. The van der Waals surface area contributed by atoms with Gasteiger partial charge in [0.25, 0.3) is 0 Å². The molecule has 2 rings (SSSR count). The standard InChI is InChI=1S/C11H16N2O4S/c1-11(2)8(10(15)16)13-5(4-6(14)17-3)7(12)9(13)18-11/h4,7-9H,12H2,1-3H3,(H,15,16)/b5-4+/t7-,8+,9-/m1/s1. The van der Waals surface area contributed by atoms with Crippen LogP contribution in [0, 0.1) is 0 Å². The summed E-state index contributed by atoms with van der Waals surface area (Å²) >= 11 is 1.53. The summed E-state index contributed by atoms with van der Waals surface area (Å²) in [6, 6.07) is -0.999. The first-order valence-electron chi connectivity index (χ1n) is 5.53. The smallest absolute Gasteiger partial charge is 0.332 e. The van der Waals surface area contributed by atoms with Crippen LogP contribution in [0.3, 0.4) is 0 Å². The van der Waals surface area contributed by atoms with Crippen molar-refractivity contribution >= 4 is 23.7 Å². The van der Waals surface area contributed by atoms with Crippen LogP contribution in [0.2, 0.25) is 0 Å². The Kier molecular flexibility index (Phi) is 3.06. The highest BCUT2D eigenvalue weighted by molar-refractivity contribution is 8.01. The maximum atomic E-state index is 11.4. The number of esters is 1. The van der Waals surface area contributed by atoms with Gasteiger partial charge in [-0.15, -0.1) is 11.8 Å². The summed E-state index contributed by atoms with van der Waals surface area (Å²) in [6.07, 6.45) is 1.28. The number of carboxylic acid groups (broad SMARTS) is 1. The SMILES string of the molecule is COC(=O)/C=C1\[C@@H](N)[C@H]2SC(C)(C)[C@H](C(=O)O)N12. The molecule has 2 fully saturated rings. The number of fused-ring (bicyclic) bond motifs is 1. The van der Waals surface area contributed by atoms with Crippen molar-refractivity contribution in [1.82, 2.24) is 4.90 Å². The van der Waals surface area contributed by atoms with E-state index in [0.29, 0.717) is 5.70 Å². The number of carboxylic acids is 1. The van der Waals surface area contributed by atoms with Crippen molar-refractivity contribution in [1.29, 1.82) is 0 Å². The third-order valence-corrected chi connectivity index (χ3v) is 4.88. The Balaban J connectivity index is 2.32. The molecule has 0 aromatic carbocycles. The van der Waals surface area contributed by atoms with Crippen LogP contribution in [-0.4, -0.2) is 51.3 Å². The molecule has 0 radical (unpaired) electrons. The first kappa shape index (κ1) is 13.2. The number of nitrogens with two attached hydrogens (primary N) is 1. The van der Waals surface area contributed by atoms with Crippen LogP contribution >= 0.6 is 11.8 Å². The van der Waals surface area contributed by atoms with Gasteiger partial charge in [-0.25, -0.2) is 9.59 Å². The third kappa shape index (κ3) is 1.78. The number of ether oxygens (including phenoxy) is 1. The highest BCUT2D eigenvalue weighted by atomic mass is 32.2. The fourth-order valence-corrected chi connectivity index (χ4v) is 4.07. The Morgan fingerprint density at radius 3 is 2.67 bits per heavy atom. The van der Waals surface area contributed by atoms with Crippen LogP contribution in [0.5, 0.6) is 0 Å². The second-order valence-electron chi connectivity index (χ2n) is 4.88. The lowest BCUT2D eigenvalue weighted by Gasteiger charge is -2.46. The largest absolute Gasteiger partial charge is 0.480 e. The van der Waals surface area contributed by atoms with E-state index in [4.69, 9.17) is 5.73 Å². The van der Waals surface area contributed by atoms with Gasteiger partial charge in [0.05, 0.1) is 18.5 Å². The van der Waals surface area contributed by atoms with E-state index in [0.717, 1.165) is 0 Å². The van der Waals surface area contributed by atoms with E-state index in [9.17, 15) is 14.7 Å². The molecule has 7 heteroatoms. The van der Waals surface area contributed by atoms with Crippen molar-refractivity contribution in [3.63, 3.8) is 0 Å². The van der Waals surface area contributed by atoms with E-state index in [1.807, 2.05) is 13.8 Å². The van der Waals surface area contributed by atoms with Crippen LogP contribution < -0.4 is 5.73 Å². The molecular weight excluding hydrogens is 256 g/mol. The topological polar surface area (TPSA) is 92.9 Å². The van der Waals surface area contributed by atoms with Crippen LogP contribution in [0.25, 0.3) is 0 Å². The van der Waals surface area contributed by atoms with Gasteiger partial charge in [-0.05, 0) is 13.8 Å². The van der Waals surface area contributed by atoms with Crippen LogP contribution in [0.4, 0.5) is 0 Å². The zero-order valence-corrected chi connectivity index (χ0v) is 11.2. The molecule has 0 bridgehead atoms. The molecule has 3 atom stereocenters. The quantitative estimate of drug-likeness (QED) is 0.539. The number of carbonyl (C=O) groups is 2. The highest BCUT2D eigenvalue weighted by Gasteiger charge is 2.60. The number of nitrogens with zero attached hydrogens (tertiary/aromatic N) is 1. The Hall–Kier alpha value is -1.21. The second kappa shape index (κ2) is 4.17. The maximum Gasteiger partial charge on any atom is 0.332 e. The number of rotatable bonds is 2. The van der Waals surface area contributed by atoms with E-state index in [1.165, 1.54) is 24.9 Å². The predicted molar refractivity (Wildman–Crippen MR) is 66.8 cm³/mol. The summed E-state index contributed by atoms with van der Waals surface area (Å²) in [5.74, 6) is -1.42. The average molecular weight is 272 g/mol. The average Bonchev–Trinajstić information content (AvgIpc) is 2.54. The molecule has 2 aliphatic rings. The second-order valence-corrected chi connectivity index (χ2v) is 6.65. The molecule has 0 saturated carbocycles. The lowest BCUT2D eigenvalue weighted by molar-refractivity contribution is -0.144. The monoisotopic (exact) mass is 272 g/mol. The van der Waals surface area contributed by atoms with E-state index in [-0.39, 0.29) is 11.4 Å². The molecule has 2 saturated heterocycles. The Morgan fingerprint density at radius 1 is 1.56 bits per heavy atom. The lowest BCUT2D eigenvalue weighted by atomic mass is 9.94. The summed E-state index contributed by atoms with van der Waals surface area (Å²) in [4.78, 5) is 24.3. The molecule has 0 aliphatic carbocycles. The molecule has 0 unspecified atom stereocenters. The van der Waals surface area contributed by atoms with Gasteiger partial charge in [0.2, 0.25) is 0 Å². The van der Waals surface area contributed by atoms with Gasteiger partial charge < -0.3 is 20.5 Å². The number of carbonyl (C=O) groups excluding carboxylic acids is 1. The number of methoxy groups -OCH3 is 1. The summed E-state index contributed by atoms with van der Waals surface area (Å²) < 4.78 is 4.10. The van der Waals surface area contributed by atoms with Crippen molar-refractivity contribution in [3.05, 3.63) is 11.8 Å².